The number of anilines is 1. The van der Waals surface area contributed by atoms with Crippen molar-refractivity contribution in [3.63, 3.8) is 0 Å². The van der Waals surface area contributed by atoms with Crippen molar-refractivity contribution < 1.29 is 4.79 Å². The summed E-state index contributed by atoms with van der Waals surface area (Å²) in [6.45, 7) is 1.84. The average Bonchev–Trinajstić information content (AvgIpc) is 2.20. The average molecular weight is 177 g/mol. The van der Waals surface area contributed by atoms with Crippen LogP contribution in [-0.4, -0.2) is 35.5 Å². The Bertz CT molecular complexity index is 300. The third kappa shape index (κ3) is 1.65. The molecule has 1 aromatic rings. The van der Waals surface area contributed by atoms with Crippen LogP contribution in [0.5, 0.6) is 0 Å². The molecule has 0 bridgehead atoms. The Hall–Kier alpha value is -1.49. The van der Waals surface area contributed by atoms with Crippen LogP contribution in [0.2, 0.25) is 0 Å². The predicted molar refractivity (Wildman–Crippen MR) is 46.1 cm³/mol. The molecule has 1 saturated heterocycles. The van der Waals surface area contributed by atoms with Gasteiger partial charge in [-0.15, -0.1) is 0 Å². The van der Waals surface area contributed by atoms with Crippen molar-refractivity contribution in [2.24, 2.45) is 0 Å². The molecule has 1 aliphatic rings. The number of carbonyl (C=O) groups excluding carboxylic acids is 1. The fourth-order valence-electron chi connectivity index (χ4n) is 1.25. The fourth-order valence-corrected chi connectivity index (χ4v) is 1.25. The number of rotatable bonds is 1. The highest BCUT2D eigenvalue weighted by atomic mass is 16.2. The van der Waals surface area contributed by atoms with Gasteiger partial charge in [-0.3, -0.25) is 9.69 Å². The molecule has 67 valence electrons. The zero-order valence-corrected chi connectivity index (χ0v) is 7.03. The van der Waals surface area contributed by atoms with Crippen LogP contribution in [0.25, 0.3) is 0 Å². The first-order valence-electron chi connectivity index (χ1n) is 4.08. The fraction of sp³-hybridized carbons (Fsp3) is 0.375. The number of hydrogen-bond donors (Lipinski definition) is 1. The summed E-state index contributed by atoms with van der Waals surface area (Å²) in [4.78, 5) is 20.6. The van der Waals surface area contributed by atoms with Crippen molar-refractivity contribution in [2.45, 2.75) is 0 Å². The molecule has 0 saturated carbocycles. The molecule has 5 heteroatoms. The van der Waals surface area contributed by atoms with Crippen molar-refractivity contribution in [2.75, 3.05) is 24.5 Å². The van der Waals surface area contributed by atoms with E-state index in [9.17, 15) is 4.79 Å². The Morgan fingerprint density at radius 2 is 2.54 bits per heavy atom. The first-order chi connectivity index (χ1) is 6.38. The van der Waals surface area contributed by atoms with Gasteiger partial charge in [-0.1, -0.05) is 0 Å². The number of piperazine rings is 1. The second-order valence-electron chi connectivity index (χ2n) is 2.74. The monoisotopic (exact) mass is 177 g/mol. The Balaban J connectivity index is 2.20. The minimum Gasteiger partial charge on any atom is -0.307 e. The maximum atomic E-state index is 11.4. The molecule has 1 aromatic heterocycles. The second kappa shape index (κ2) is 3.49. The Labute approximate surface area is 75.8 Å². The molecule has 0 unspecified atom stereocenters. The molecule has 1 radical (unpaired) electrons. The van der Waals surface area contributed by atoms with E-state index < -0.39 is 0 Å². The van der Waals surface area contributed by atoms with Crippen molar-refractivity contribution in [3.8, 4) is 0 Å². The zero-order valence-electron chi connectivity index (χ0n) is 7.03. The normalized spacial score (nSPS) is 17.5. The lowest BCUT2D eigenvalue weighted by atomic mass is 10.3. The van der Waals surface area contributed by atoms with Crippen molar-refractivity contribution in [1.82, 2.24) is 15.3 Å². The summed E-state index contributed by atoms with van der Waals surface area (Å²) in [5.74, 6) is 0.667. The van der Waals surface area contributed by atoms with E-state index in [0.717, 1.165) is 6.54 Å². The highest BCUT2D eigenvalue weighted by molar-refractivity contribution is 5.94. The maximum absolute atomic E-state index is 11.4. The molecular formula is C8H9N4O. The molecular weight excluding hydrogens is 168 g/mol. The third-order valence-corrected chi connectivity index (χ3v) is 1.89. The lowest BCUT2D eigenvalue weighted by Crippen LogP contribution is -2.48. The van der Waals surface area contributed by atoms with Crippen molar-refractivity contribution in [3.05, 3.63) is 18.6 Å². The van der Waals surface area contributed by atoms with Gasteiger partial charge in [0.05, 0.1) is 6.54 Å². The quantitative estimate of drug-likeness (QED) is 0.611. The molecule has 1 fully saturated rings. The molecule has 0 aliphatic carbocycles. The molecule has 13 heavy (non-hydrogen) atoms. The molecule has 0 spiro atoms. The summed E-state index contributed by atoms with van der Waals surface area (Å²) in [6.07, 6.45) is 4.05. The van der Waals surface area contributed by atoms with Gasteiger partial charge < -0.3 is 5.32 Å². The highest BCUT2D eigenvalue weighted by Crippen LogP contribution is 2.08. The van der Waals surface area contributed by atoms with E-state index in [1.165, 1.54) is 0 Å². The first-order valence-corrected chi connectivity index (χ1v) is 4.08. The SMILES string of the molecule is O=C1CNCCN1c1ccn[c]n1. The summed E-state index contributed by atoms with van der Waals surface area (Å²) >= 11 is 0. The molecule has 1 aliphatic heterocycles. The van der Waals surface area contributed by atoms with E-state index >= 15 is 0 Å². The molecule has 1 amide bonds. The molecule has 1 N–H and O–H groups in total. The zero-order chi connectivity index (χ0) is 9.10. The van der Waals surface area contributed by atoms with Crippen LogP contribution in [-0.2, 0) is 4.79 Å². The minimum atomic E-state index is 0.0401. The van der Waals surface area contributed by atoms with Gasteiger partial charge >= 0.3 is 0 Å². The molecule has 2 rings (SSSR count). The Morgan fingerprint density at radius 3 is 3.23 bits per heavy atom. The van der Waals surface area contributed by atoms with Gasteiger partial charge in [0.15, 0.2) is 6.33 Å². The second-order valence-corrected chi connectivity index (χ2v) is 2.74. The smallest absolute Gasteiger partial charge is 0.242 e. The lowest BCUT2D eigenvalue weighted by molar-refractivity contribution is -0.118. The maximum Gasteiger partial charge on any atom is 0.242 e. The van der Waals surface area contributed by atoms with Gasteiger partial charge in [0.25, 0.3) is 0 Å². The van der Waals surface area contributed by atoms with E-state index in [2.05, 4.69) is 21.6 Å². The number of aromatic nitrogens is 2. The van der Waals surface area contributed by atoms with Gasteiger partial charge in [-0.05, 0) is 6.07 Å². The topological polar surface area (TPSA) is 58.1 Å². The molecule has 2 heterocycles. The number of carbonyl (C=O) groups is 1. The minimum absolute atomic E-state index is 0.0401. The summed E-state index contributed by atoms with van der Waals surface area (Å²) in [6, 6.07) is 1.71. The van der Waals surface area contributed by atoms with Crippen LogP contribution in [0.4, 0.5) is 5.82 Å². The Morgan fingerprint density at radius 1 is 1.62 bits per heavy atom. The number of hydrogen-bond acceptors (Lipinski definition) is 4. The van der Waals surface area contributed by atoms with Crippen LogP contribution in [0.3, 0.4) is 0 Å². The van der Waals surface area contributed by atoms with Crippen LogP contribution in [0.1, 0.15) is 0 Å². The molecule has 5 nitrogen and oxygen atoms in total. The lowest BCUT2D eigenvalue weighted by Gasteiger charge is -2.25. The van der Waals surface area contributed by atoms with Crippen LogP contribution in [0, 0.1) is 6.33 Å². The largest absolute Gasteiger partial charge is 0.307 e. The van der Waals surface area contributed by atoms with Crippen LogP contribution >= 0.6 is 0 Å². The van der Waals surface area contributed by atoms with Gasteiger partial charge in [0.1, 0.15) is 5.82 Å². The number of nitrogens with zero attached hydrogens (tertiary/aromatic N) is 3. The number of nitrogens with one attached hydrogen (secondary N) is 1. The van der Waals surface area contributed by atoms with Gasteiger partial charge in [-0.2, -0.15) is 0 Å². The summed E-state index contributed by atoms with van der Waals surface area (Å²) in [5, 5.41) is 2.99. The van der Waals surface area contributed by atoms with E-state index in [0.29, 0.717) is 18.9 Å². The molecule has 0 atom stereocenters. The van der Waals surface area contributed by atoms with E-state index in [1.54, 1.807) is 17.2 Å². The molecule has 0 aromatic carbocycles. The van der Waals surface area contributed by atoms with E-state index in [-0.39, 0.29) is 5.91 Å². The van der Waals surface area contributed by atoms with Crippen LogP contribution < -0.4 is 10.2 Å². The Kier molecular flexibility index (Phi) is 2.18. The third-order valence-electron chi connectivity index (χ3n) is 1.89. The van der Waals surface area contributed by atoms with Crippen molar-refractivity contribution >= 4 is 11.7 Å². The van der Waals surface area contributed by atoms with Gasteiger partial charge in [-0.25, -0.2) is 9.97 Å². The van der Waals surface area contributed by atoms with Crippen molar-refractivity contribution in [1.29, 1.82) is 0 Å². The van der Waals surface area contributed by atoms with Gasteiger partial charge in [0.2, 0.25) is 5.91 Å². The predicted octanol–water partition coefficient (Wildman–Crippen LogP) is -0.787. The summed E-state index contributed by atoms with van der Waals surface area (Å²) < 4.78 is 0. The van der Waals surface area contributed by atoms with Crippen LogP contribution in [0.15, 0.2) is 12.3 Å². The standard InChI is InChI=1S/C8H9N4O/c13-8-5-9-3-4-12(8)7-1-2-10-6-11-7/h1-2,9H,3-5H2. The first kappa shape index (κ1) is 8.12. The summed E-state index contributed by atoms with van der Waals surface area (Å²) in [7, 11) is 0. The number of amides is 1. The van der Waals surface area contributed by atoms with Gasteiger partial charge in [0, 0.05) is 19.3 Å². The van der Waals surface area contributed by atoms with E-state index in [4.69, 9.17) is 0 Å². The highest BCUT2D eigenvalue weighted by Gasteiger charge is 2.19. The summed E-state index contributed by atoms with van der Waals surface area (Å²) in [5.41, 5.74) is 0. The van der Waals surface area contributed by atoms with E-state index in [1.807, 2.05) is 0 Å².